The Morgan fingerprint density at radius 3 is 2.71 bits per heavy atom. The van der Waals surface area contributed by atoms with Crippen molar-refractivity contribution in [2.45, 2.75) is 25.9 Å². The highest BCUT2D eigenvalue weighted by atomic mass is 16.3. The lowest BCUT2D eigenvalue weighted by Gasteiger charge is -2.17. The van der Waals surface area contributed by atoms with E-state index in [9.17, 15) is 5.11 Å². The zero-order chi connectivity index (χ0) is 14.7. The number of rotatable bonds is 5. The molecule has 0 aliphatic heterocycles. The molecule has 0 aliphatic carbocycles. The van der Waals surface area contributed by atoms with Gasteiger partial charge < -0.3 is 10.4 Å². The minimum atomic E-state index is 0.224. The van der Waals surface area contributed by atoms with E-state index in [0.29, 0.717) is 6.54 Å². The summed E-state index contributed by atoms with van der Waals surface area (Å²) >= 11 is 0. The highest BCUT2D eigenvalue weighted by Gasteiger charge is 2.11. The second-order valence-corrected chi connectivity index (χ2v) is 4.98. The Bertz CT molecular complexity index is 720. The van der Waals surface area contributed by atoms with Crippen LogP contribution in [0, 0.1) is 0 Å². The molecule has 0 spiro atoms. The summed E-state index contributed by atoms with van der Waals surface area (Å²) in [6.07, 6.45) is 2.93. The molecule has 2 N–H and O–H groups in total. The molecule has 3 rings (SSSR count). The molecule has 0 saturated carbocycles. The van der Waals surface area contributed by atoms with Crippen LogP contribution in [0.1, 0.15) is 30.8 Å². The van der Waals surface area contributed by atoms with Gasteiger partial charge in [0.2, 0.25) is 0 Å². The molecule has 0 radical (unpaired) electrons. The Morgan fingerprint density at radius 2 is 1.95 bits per heavy atom. The number of nitrogens with zero attached hydrogens (tertiary/aromatic N) is 3. The molecule has 0 aliphatic rings. The van der Waals surface area contributed by atoms with Gasteiger partial charge in [0.05, 0.1) is 6.54 Å². The van der Waals surface area contributed by atoms with Gasteiger partial charge in [-0.2, -0.15) is 0 Å². The number of aromatic hydroxyl groups is 1. The van der Waals surface area contributed by atoms with Crippen molar-refractivity contribution in [1.29, 1.82) is 0 Å². The SMILES string of the molecule is CCC(NCc1nnc2ccccn12)c1ccc(O)cc1. The smallest absolute Gasteiger partial charge is 0.160 e. The van der Waals surface area contributed by atoms with Gasteiger partial charge in [-0.25, -0.2) is 0 Å². The molecule has 0 amide bonds. The summed E-state index contributed by atoms with van der Waals surface area (Å²) in [7, 11) is 0. The number of phenols is 1. The van der Waals surface area contributed by atoms with Crippen LogP contribution in [0.3, 0.4) is 0 Å². The number of hydrogen-bond acceptors (Lipinski definition) is 4. The summed E-state index contributed by atoms with van der Waals surface area (Å²) in [5.41, 5.74) is 2.01. The van der Waals surface area contributed by atoms with Crippen molar-refractivity contribution in [3.63, 3.8) is 0 Å². The minimum Gasteiger partial charge on any atom is -0.508 e. The third kappa shape index (κ3) is 2.87. The first-order valence-electron chi connectivity index (χ1n) is 7.09. The molecule has 5 heteroatoms. The van der Waals surface area contributed by atoms with Crippen molar-refractivity contribution in [2.24, 2.45) is 0 Å². The molecule has 1 unspecified atom stereocenters. The molecule has 0 saturated heterocycles. The van der Waals surface area contributed by atoms with Crippen LogP contribution in [0.25, 0.3) is 5.65 Å². The zero-order valence-corrected chi connectivity index (χ0v) is 11.9. The van der Waals surface area contributed by atoms with Crippen molar-refractivity contribution in [2.75, 3.05) is 0 Å². The van der Waals surface area contributed by atoms with Gasteiger partial charge in [-0.05, 0) is 36.2 Å². The molecule has 2 heterocycles. The summed E-state index contributed by atoms with van der Waals surface area (Å²) in [6.45, 7) is 2.77. The monoisotopic (exact) mass is 282 g/mol. The van der Waals surface area contributed by atoms with Crippen molar-refractivity contribution >= 4 is 5.65 Å². The van der Waals surface area contributed by atoms with Crippen LogP contribution >= 0.6 is 0 Å². The topological polar surface area (TPSA) is 62.5 Å². The second-order valence-electron chi connectivity index (χ2n) is 4.98. The Labute approximate surface area is 123 Å². The number of fused-ring (bicyclic) bond motifs is 1. The van der Waals surface area contributed by atoms with E-state index < -0.39 is 0 Å². The van der Waals surface area contributed by atoms with Crippen LogP contribution in [-0.2, 0) is 6.54 Å². The normalized spacial score (nSPS) is 12.6. The van der Waals surface area contributed by atoms with E-state index in [1.54, 1.807) is 12.1 Å². The van der Waals surface area contributed by atoms with Gasteiger partial charge in [-0.3, -0.25) is 4.40 Å². The summed E-state index contributed by atoms with van der Waals surface area (Å²) in [6, 6.07) is 13.4. The van der Waals surface area contributed by atoms with Gasteiger partial charge in [0.15, 0.2) is 11.5 Å². The molecule has 5 nitrogen and oxygen atoms in total. The van der Waals surface area contributed by atoms with Crippen LogP contribution in [0.15, 0.2) is 48.7 Å². The molecule has 1 aromatic carbocycles. The lowest BCUT2D eigenvalue weighted by Crippen LogP contribution is -2.21. The Balaban J connectivity index is 1.74. The number of pyridine rings is 1. The van der Waals surface area contributed by atoms with Crippen molar-refractivity contribution in [3.05, 3.63) is 60.0 Å². The average molecular weight is 282 g/mol. The molecular weight excluding hydrogens is 264 g/mol. The van der Waals surface area contributed by atoms with Crippen LogP contribution in [0.2, 0.25) is 0 Å². The average Bonchev–Trinajstić information content (AvgIpc) is 2.93. The minimum absolute atomic E-state index is 0.224. The molecule has 3 aromatic rings. The van der Waals surface area contributed by atoms with Crippen LogP contribution in [-0.4, -0.2) is 19.7 Å². The molecular formula is C16H18N4O. The standard InChI is InChI=1S/C16H18N4O/c1-2-14(12-6-8-13(21)9-7-12)17-11-16-19-18-15-5-3-4-10-20(15)16/h3-10,14,17,21H,2,11H2,1H3. The van der Waals surface area contributed by atoms with Crippen molar-refractivity contribution in [3.8, 4) is 5.75 Å². The van der Waals surface area contributed by atoms with E-state index in [4.69, 9.17) is 0 Å². The maximum atomic E-state index is 9.37. The van der Waals surface area contributed by atoms with Gasteiger partial charge in [-0.1, -0.05) is 25.1 Å². The largest absolute Gasteiger partial charge is 0.508 e. The predicted octanol–water partition coefficient (Wildman–Crippen LogP) is 2.68. The fourth-order valence-corrected chi connectivity index (χ4v) is 2.43. The first kappa shape index (κ1) is 13.6. The molecule has 0 fully saturated rings. The maximum absolute atomic E-state index is 9.37. The van der Waals surface area contributed by atoms with Gasteiger partial charge >= 0.3 is 0 Å². The number of nitrogens with one attached hydrogen (secondary N) is 1. The van der Waals surface area contributed by atoms with E-state index in [0.717, 1.165) is 23.5 Å². The van der Waals surface area contributed by atoms with E-state index >= 15 is 0 Å². The zero-order valence-electron chi connectivity index (χ0n) is 11.9. The Kier molecular flexibility index (Phi) is 3.83. The number of hydrogen-bond donors (Lipinski definition) is 2. The molecule has 21 heavy (non-hydrogen) atoms. The summed E-state index contributed by atoms with van der Waals surface area (Å²) < 4.78 is 1.98. The first-order chi connectivity index (χ1) is 10.3. The van der Waals surface area contributed by atoms with Crippen LogP contribution < -0.4 is 5.32 Å². The van der Waals surface area contributed by atoms with Crippen molar-refractivity contribution in [1.82, 2.24) is 19.9 Å². The van der Waals surface area contributed by atoms with Gasteiger partial charge in [0.25, 0.3) is 0 Å². The van der Waals surface area contributed by atoms with Crippen molar-refractivity contribution < 1.29 is 5.11 Å². The molecule has 0 bridgehead atoms. The van der Waals surface area contributed by atoms with E-state index in [1.165, 1.54) is 0 Å². The summed E-state index contributed by atoms with van der Waals surface area (Å²) in [4.78, 5) is 0. The second kappa shape index (κ2) is 5.93. The fourth-order valence-electron chi connectivity index (χ4n) is 2.43. The van der Waals surface area contributed by atoms with Gasteiger partial charge in [-0.15, -0.1) is 10.2 Å². The Hall–Kier alpha value is -2.40. The molecule has 1 atom stereocenters. The van der Waals surface area contributed by atoms with Crippen LogP contribution in [0.5, 0.6) is 5.75 Å². The molecule has 2 aromatic heterocycles. The quantitative estimate of drug-likeness (QED) is 0.755. The lowest BCUT2D eigenvalue weighted by molar-refractivity contribution is 0.472. The lowest BCUT2D eigenvalue weighted by atomic mass is 10.0. The summed E-state index contributed by atoms with van der Waals surface area (Å²) in [5, 5.41) is 21.2. The van der Waals surface area contributed by atoms with Gasteiger partial charge in [0.1, 0.15) is 5.75 Å². The first-order valence-corrected chi connectivity index (χ1v) is 7.09. The fraction of sp³-hybridized carbons (Fsp3) is 0.250. The van der Waals surface area contributed by atoms with Gasteiger partial charge in [0, 0.05) is 12.2 Å². The number of aromatic nitrogens is 3. The Morgan fingerprint density at radius 1 is 1.14 bits per heavy atom. The third-order valence-corrected chi connectivity index (χ3v) is 3.59. The van der Waals surface area contributed by atoms with E-state index in [2.05, 4.69) is 22.4 Å². The highest BCUT2D eigenvalue weighted by Crippen LogP contribution is 2.19. The number of phenolic OH excluding ortho intramolecular Hbond substituents is 1. The number of benzene rings is 1. The maximum Gasteiger partial charge on any atom is 0.160 e. The van der Waals surface area contributed by atoms with Crippen LogP contribution in [0.4, 0.5) is 0 Å². The predicted molar refractivity (Wildman–Crippen MR) is 81.0 cm³/mol. The molecule has 108 valence electrons. The van der Waals surface area contributed by atoms with E-state index in [-0.39, 0.29) is 11.8 Å². The third-order valence-electron chi connectivity index (χ3n) is 3.59. The highest BCUT2D eigenvalue weighted by molar-refractivity contribution is 5.37. The van der Waals surface area contributed by atoms with E-state index in [1.807, 2.05) is 40.9 Å². The summed E-state index contributed by atoms with van der Waals surface area (Å²) in [5.74, 6) is 1.18.